The van der Waals surface area contributed by atoms with E-state index in [0.29, 0.717) is 25.2 Å². The van der Waals surface area contributed by atoms with E-state index in [1.165, 1.54) is 5.56 Å². The van der Waals surface area contributed by atoms with Gasteiger partial charge in [0.1, 0.15) is 0 Å². The van der Waals surface area contributed by atoms with Gasteiger partial charge in [-0.1, -0.05) is 51.1 Å². The van der Waals surface area contributed by atoms with Gasteiger partial charge in [0.05, 0.1) is 6.54 Å². The third kappa shape index (κ3) is 8.79. The van der Waals surface area contributed by atoms with Crippen molar-refractivity contribution in [2.75, 3.05) is 32.7 Å². The first-order valence-corrected chi connectivity index (χ1v) is 10.9. The van der Waals surface area contributed by atoms with Crippen molar-refractivity contribution in [1.29, 1.82) is 0 Å². The van der Waals surface area contributed by atoms with Crippen LogP contribution in [0.25, 0.3) is 0 Å². The molecule has 1 unspecified atom stereocenters. The SMILES string of the molecule is CCNC(=NCCNC(=O)C(C)(C)C)NC1CCN(C(C)c2ccccc2)CC1.I. The zero-order valence-electron chi connectivity index (χ0n) is 19.2. The molecule has 2 rings (SSSR count). The van der Waals surface area contributed by atoms with Gasteiger partial charge in [0, 0.05) is 43.7 Å². The summed E-state index contributed by atoms with van der Waals surface area (Å²) in [6.45, 7) is 14.2. The Bertz CT molecular complexity index is 651. The first-order valence-electron chi connectivity index (χ1n) is 10.9. The predicted molar refractivity (Wildman–Crippen MR) is 136 cm³/mol. The molecule has 1 amide bonds. The Kier molecular flexibility index (Phi) is 11.7. The molecule has 3 N–H and O–H groups in total. The monoisotopic (exact) mass is 529 g/mol. The van der Waals surface area contributed by atoms with Crippen LogP contribution in [0, 0.1) is 5.41 Å². The molecule has 1 aliphatic heterocycles. The van der Waals surface area contributed by atoms with E-state index in [4.69, 9.17) is 0 Å². The number of guanidine groups is 1. The lowest BCUT2D eigenvalue weighted by molar-refractivity contribution is -0.128. The Morgan fingerprint density at radius 2 is 1.80 bits per heavy atom. The average molecular weight is 530 g/mol. The van der Waals surface area contributed by atoms with Crippen LogP contribution in [-0.4, -0.2) is 55.5 Å². The summed E-state index contributed by atoms with van der Waals surface area (Å²) in [4.78, 5) is 19.1. The van der Waals surface area contributed by atoms with Gasteiger partial charge < -0.3 is 16.0 Å². The van der Waals surface area contributed by atoms with Crippen LogP contribution in [0.4, 0.5) is 0 Å². The highest BCUT2D eigenvalue weighted by Gasteiger charge is 2.24. The summed E-state index contributed by atoms with van der Waals surface area (Å²) in [5.41, 5.74) is 1.02. The van der Waals surface area contributed by atoms with Crippen LogP contribution >= 0.6 is 24.0 Å². The molecule has 30 heavy (non-hydrogen) atoms. The van der Waals surface area contributed by atoms with Crippen molar-refractivity contribution in [1.82, 2.24) is 20.9 Å². The van der Waals surface area contributed by atoms with Gasteiger partial charge in [0.25, 0.3) is 0 Å². The third-order valence-corrected chi connectivity index (χ3v) is 5.39. The van der Waals surface area contributed by atoms with Crippen molar-refractivity contribution < 1.29 is 4.79 Å². The molecule has 1 saturated heterocycles. The van der Waals surface area contributed by atoms with Gasteiger partial charge >= 0.3 is 0 Å². The first kappa shape index (κ1) is 26.7. The van der Waals surface area contributed by atoms with E-state index in [-0.39, 0.29) is 35.3 Å². The number of likely N-dealkylation sites (tertiary alicyclic amines) is 1. The topological polar surface area (TPSA) is 68.8 Å². The Morgan fingerprint density at radius 1 is 1.17 bits per heavy atom. The number of halogens is 1. The lowest BCUT2D eigenvalue weighted by Gasteiger charge is -2.37. The quantitative estimate of drug-likeness (QED) is 0.219. The predicted octanol–water partition coefficient (Wildman–Crippen LogP) is 3.55. The Hall–Kier alpha value is -1.35. The van der Waals surface area contributed by atoms with E-state index in [0.717, 1.165) is 38.4 Å². The zero-order valence-corrected chi connectivity index (χ0v) is 21.5. The number of hydrogen-bond donors (Lipinski definition) is 3. The molecule has 1 atom stereocenters. The summed E-state index contributed by atoms with van der Waals surface area (Å²) in [6.07, 6.45) is 2.20. The van der Waals surface area contributed by atoms with Crippen LogP contribution in [-0.2, 0) is 4.79 Å². The minimum absolute atomic E-state index is 0. The smallest absolute Gasteiger partial charge is 0.225 e. The molecule has 0 saturated carbocycles. The van der Waals surface area contributed by atoms with Crippen molar-refractivity contribution in [3.8, 4) is 0 Å². The molecule has 7 heteroatoms. The van der Waals surface area contributed by atoms with Gasteiger partial charge in [-0.15, -0.1) is 24.0 Å². The van der Waals surface area contributed by atoms with Crippen LogP contribution in [0.3, 0.4) is 0 Å². The highest BCUT2D eigenvalue weighted by atomic mass is 127. The van der Waals surface area contributed by atoms with Crippen LogP contribution in [0.5, 0.6) is 0 Å². The van der Waals surface area contributed by atoms with Crippen molar-refractivity contribution in [2.45, 2.75) is 59.5 Å². The molecule has 0 aliphatic carbocycles. The maximum Gasteiger partial charge on any atom is 0.225 e. The standard InChI is InChI=1S/C23H39N5O.HI/c1-6-24-22(26-15-14-25-21(29)23(3,4)5)27-20-12-16-28(17-13-20)18(2)19-10-8-7-9-11-19;/h7-11,18,20H,6,12-17H2,1-5H3,(H,25,29)(H2,24,26,27);1H. The minimum atomic E-state index is -0.364. The van der Waals surface area contributed by atoms with Gasteiger partial charge in [0.2, 0.25) is 5.91 Å². The highest BCUT2D eigenvalue weighted by Crippen LogP contribution is 2.23. The molecule has 0 spiro atoms. The van der Waals surface area contributed by atoms with E-state index < -0.39 is 0 Å². The molecule has 6 nitrogen and oxygen atoms in total. The molecule has 0 aromatic heterocycles. The van der Waals surface area contributed by atoms with E-state index in [9.17, 15) is 4.79 Å². The molecule has 1 aromatic rings. The molecule has 1 heterocycles. The highest BCUT2D eigenvalue weighted by molar-refractivity contribution is 14.0. The van der Waals surface area contributed by atoms with Gasteiger partial charge in [-0.2, -0.15) is 0 Å². The van der Waals surface area contributed by atoms with E-state index in [1.54, 1.807) is 0 Å². The summed E-state index contributed by atoms with van der Waals surface area (Å²) < 4.78 is 0. The largest absolute Gasteiger partial charge is 0.357 e. The Labute approximate surface area is 199 Å². The maximum absolute atomic E-state index is 11.9. The number of amides is 1. The first-order chi connectivity index (χ1) is 13.8. The number of nitrogens with one attached hydrogen (secondary N) is 3. The molecule has 0 bridgehead atoms. The number of nitrogens with zero attached hydrogens (tertiary/aromatic N) is 2. The zero-order chi connectivity index (χ0) is 21.3. The molecular weight excluding hydrogens is 489 g/mol. The molecule has 1 fully saturated rings. The van der Waals surface area contributed by atoms with Crippen molar-refractivity contribution in [2.24, 2.45) is 10.4 Å². The van der Waals surface area contributed by atoms with Gasteiger partial charge in [-0.3, -0.25) is 14.7 Å². The summed E-state index contributed by atoms with van der Waals surface area (Å²) in [5.74, 6) is 0.901. The Morgan fingerprint density at radius 3 is 2.37 bits per heavy atom. The average Bonchev–Trinajstić information content (AvgIpc) is 2.71. The molecule has 1 aromatic carbocycles. The molecular formula is C23H40IN5O. The van der Waals surface area contributed by atoms with Gasteiger partial charge in [-0.25, -0.2) is 0 Å². The maximum atomic E-state index is 11.9. The number of carbonyl (C=O) groups excluding carboxylic acids is 1. The summed E-state index contributed by atoms with van der Waals surface area (Å²) >= 11 is 0. The van der Waals surface area contributed by atoms with Crippen LogP contribution in [0.1, 0.15) is 59.1 Å². The van der Waals surface area contributed by atoms with Crippen LogP contribution in [0.2, 0.25) is 0 Å². The van der Waals surface area contributed by atoms with Gasteiger partial charge in [0.15, 0.2) is 5.96 Å². The Balaban J connectivity index is 0.00000450. The molecule has 1 aliphatic rings. The lowest BCUT2D eigenvalue weighted by Crippen LogP contribution is -2.49. The number of rotatable bonds is 7. The van der Waals surface area contributed by atoms with E-state index >= 15 is 0 Å². The number of piperidine rings is 1. The van der Waals surface area contributed by atoms with Crippen molar-refractivity contribution in [3.63, 3.8) is 0 Å². The number of aliphatic imine (C=N–C) groups is 1. The van der Waals surface area contributed by atoms with E-state index in [2.05, 4.69) is 70.0 Å². The summed E-state index contributed by atoms with van der Waals surface area (Å²) in [5, 5.41) is 9.84. The van der Waals surface area contributed by atoms with Crippen LogP contribution < -0.4 is 16.0 Å². The second-order valence-electron chi connectivity index (χ2n) is 8.81. The fourth-order valence-corrected chi connectivity index (χ4v) is 3.49. The number of hydrogen-bond acceptors (Lipinski definition) is 3. The fourth-order valence-electron chi connectivity index (χ4n) is 3.49. The normalized spacial score (nSPS) is 17.0. The van der Waals surface area contributed by atoms with Crippen LogP contribution in [0.15, 0.2) is 35.3 Å². The lowest BCUT2D eigenvalue weighted by atomic mass is 9.96. The summed E-state index contributed by atoms with van der Waals surface area (Å²) in [6, 6.07) is 11.6. The number of benzene rings is 1. The van der Waals surface area contributed by atoms with E-state index in [1.807, 2.05) is 20.8 Å². The van der Waals surface area contributed by atoms with Crippen molar-refractivity contribution in [3.05, 3.63) is 35.9 Å². The third-order valence-electron chi connectivity index (χ3n) is 5.39. The van der Waals surface area contributed by atoms with Gasteiger partial charge in [-0.05, 0) is 32.3 Å². The minimum Gasteiger partial charge on any atom is -0.357 e. The molecule has 0 radical (unpaired) electrons. The molecule has 170 valence electrons. The second kappa shape index (κ2) is 13.1. The second-order valence-corrected chi connectivity index (χ2v) is 8.81. The number of carbonyl (C=O) groups is 1. The fraction of sp³-hybridized carbons (Fsp3) is 0.652. The van der Waals surface area contributed by atoms with Crippen molar-refractivity contribution >= 4 is 35.8 Å². The summed E-state index contributed by atoms with van der Waals surface area (Å²) in [7, 11) is 0.